The van der Waals surface area contributed by atoms with Crippen LogP contribution in [0, 0.1) is 0 Å². The Morgan fingerprint density at radius 2 is 0.574 bits per heavy atom. The molecule has 2 atom stereocenters. The second-order valence-corrected chi connectivity index (χ2v) is 28.7. The standard InChI is InChI=1S/C84H148NO8P/c1-6-8-10-12-14-16-18-20-22-24-26-28-30-32-34-36-38-40-42-44-46-48-50-52-54-56-58-60-62-64-66-68-70-72-74-76-83(86)90-80-82(81-92-94(88,89)91-79-78-85(3,4)5)93-84(87)77-75-73-71-69-67-65-63-61-59-57-55-53-51-49-47-45-43-41-39-37-35-33-31-29-27-25-23-21-19-17-15-13-11-9-7-2/h8-11,14-17,20-23,26-29,32-35,82H,6-7,12-13,18-19,24-25,30-31,36-81H2,1-5H3/b10-8-,11-9-,16-14-,17-15-,22-20-,23-21-,28-26-,29-27-,34-32-,35-33-. The molecule has 2 unspecified atom stereocenters. The summed E-state index contributed by atoms with van der Waals surface area (Å²) in [5, 5.41) is 0. The molecule has 0 fully saturated rings. The van der Waals surface area contributed by atoms with Crippen molar-refractivity contribution in [2.45, 2.75) is 354 Å². The molecule has 0 radical (unpaired) electrons. The number of rotatable bonds is 72. The number of likely N-dealkylation sites (N-methyl/N-ethyl adjacent to an activating group) is 1. The van der Waals surface area contributed by atoms with Gasteiger partial charge in [0.15, 0.2) is 6.10 Å². The summed E-state index contributed by atoms with van der Waals surface area (Å²) in [6.45, 7) is 4.05. The lowest BCUT2D eigenvalue weighted by Crippen LogP contribution is -2.37. The molecule has 0 rings (SSSR count). The summed E-state index contributed by atoms with van der Waals surface area (Å²) in [6, 6.07) is 0. The average Bonchev–Trinajstić information content (AvgIpc) is 2.35. The van der Waals surface area contributed by atoms with Crippen LogP contribution in [0.15, 0.2) is 122 Å². The second kappa shape index (κ2) is 73.7. The summed E-state index contributed by atoms with van der Waals surface area (Å²) in [6.07, 6.45) is 106. The van der Waals surface area contributed by atoms with Gasteiger partial charge in [0.05, 0.1) is 27.7 Å². The Morgan fingerprint density at radius 1 is 0.330 bits per heavy atom. The number of esters is 2. The number of hydrogen-bond acceptors (Lipinski definition) is 8. The first kappa shape index (κ1) is 90.4. The van der Waals surface area contributed by atoms with Crippen LogP contribution in [0.2, 0.25) is 0 Å². The van der Waals surface area contributed by atoms with Crippen LogP contribution < -0.4 is 4.89 Å². The number of carbonyl (C=O) groups is 2. The summed E-state index contributed by atoms with van der Waals surface area (Å²) >= 11 is 0. The minimum atomic E-state index is -4.65. The normalized spacial score (nSPS) is 13.7. The van der Waals surface area contributed by atoms with Crippen LogP contribution >= 0.6 is 7.82 Å². The summed E-state index contributed by atoms with van der Waals surface area (Å²) in [7, 11) is 1.17. The third-order valence-corrected chi connectivity index (χ3v) is 17.9. The zero-order chi connectivity index (χ0) is 68.3. The van der Waals surface area contributed by atoms with Gasteiger partial charge in [-0.25, -0.2) is 0 Å². The molecule has 542 valence electrons. The molecule has 0 aromatic heterocycles. The second-order valence-electron chi connectivity index (χ2n) is 27.3. The number of allylic oxidation sites excluding steroid dienone is 20. The zero-order valence-corrected chi connectivity index (χ0v) is 62.8. The van der Waals surface area contributed by atoms with E-state index in [1.54, 1.807) is 0 Å². The van der Waals surface area contributed by atoms with Crippen molar-refractivity contribution in [2.75, 3.05) is 47.5 Å². The number of hydrogen-bond donors (Lipinski definition) is 0. The first-order chi connectivity index (χ1) is 46.0. The van der Waals surface area contributed by atoms with E-state index in [1.807, 2.05) is 21.1 Å². The van der Waals surface area contributed by atoms with E-state index in [0.29, 0.717) is 17.4 Å². The molecule has 9 nitrogen and oxygen atoms in total. The van der Waals surface area contributed by atoms with Crippen LogP contribution in [0.5, 0.6) is 0 Å². The molecular formula is C84H148NO8P. The van der Waals surface area contributed by atoms with Crippen molar-refractivity contribution in [1.82, 2.24) is 0 Å². The molecule has 0 N–H and O–H groups in total. The van der Waals surface area contributed by atoms with Gasteiger partial charge in [0.2, 0.25) is 0 Å². The van der Waals surface area contributed by atoms with Gasteiger partial charge in [0.25, 0.3) is 7.82 Å². The van der Waals surface area contributed by atoms with Gasteiger partial charge in [-0.15, -0.1) is 0 Å². The van der Waals surface area contributed by atoms with Crippen molar-refractivity contribution >= 4 is 19.8 Å². The maximum absolute atomic E-state index is 12.9. The molecule has 0 saturated heterocycles. The molecule has 0 spiro atoms. The Balaban J connectivity index is 3.96. The van der Waals surface area contributed by atoms with Gasteiger partial charge in [0.1, 0.15) is 19.8 Å². The van der Waals surface area contributed by atoms with Gasteiger partial charge in [-0.3, -0.25) is 14.2 Å². The van der Waals surface area contributed by atoms with Crippen LogP contribution in [0.4, 0.5) is 0 Å². The highest BCUT2D eigenvalue weighted by Crippen LogP contribution is 2.38. The van der Waals surface area contributed by atoms with E-state index in [1.165, 1.54) is 212 Å². The zero-order valence-electron chi connectivity index (χ0n) is 61.9. The largest absolute Gasteiger partial charge is 0.756 e. The van der Waals surface area contributed by atoms with Crippen LogP contribution in [0.3, 0.4) is 0 Å². The van der Waals surface area contributed by atoms with E-state index < -0.39 is 26.5 Å². The van der Waals surface area contributed by atoms with Gasteiger partial charge in [-0.05, 0) is 103 Å². The Labute approximate surface area is 581 Å². The predicted molar refractivity (Wildman–Crippen MR) is 406 cm³/mol. The van der Waals surface area contributed by atoms with E-state index in [-0.39, 0.29) is 32.0 Å². The van der Waals surface area contributed by atoms with E-state index in [9.17, 15) is 19.0 Å². The Kier molecular flexibility index (Phi) is 70.8. The molecule has 0 aliphatic heterocycles. The lowest BCUT2D eigenvalue weighted by atomic mass is 10.0. The predicted octanol–water partition coefficient (Wildman–Crippen LogP) is 25.5. The van der Waals surface area contributed by atoms with Crippen molar-refractivity contribution in [2.24, 2.45) is 0 Å². The molecule has 0 heterocycles. The lowest BCUT2D eigenvalue weighted by Gasteiger charge is -2.28. The minimum absolute atomic E-state index is 0.0322. The fourth-order valence-corrected chi connectivity index (χ4v) is 11.8. The first-order valence-electron chi connectivity index (χ1n) is 39.2. The average molecular weight is 1330 g/mol. The number of phosphoric ester groups is 1. The Morgan fingerprint density at radius 3 is 0.851 bits per heavy atom. The lowest BCUT2D eigenvalue weighted by molar-refractivity contribution is -0.870. The van der Waals surface area contributed by atoms with Crippen molar-refractivity contribution in [3.8, 4) is 0 Å². The maximum atomic E-state index is 12.9. The summed E-state index contributed by atoms with van der Waals surface area (Å²) in [4.78, 5) is 38.2. The fourth-order valence-electron chi connectivity index (χ4n) is 11.1. The van der Waals surface area contributed by atoms with Crippen molar-refractivity contribution in [3.05, 3.63) is 122 Å². The van der Waals surface area contributed by atoms with Crippen LogP contribution in [0.1, 0.15) is 348 Å². The van der Waals surface area contributed by atoms with Gasteiger partial charge < -0.3 is 27.9 Å². The Hall–Kier alpha value is -3.59. The SMILES string of the molecule is CC/C=C\C/C=C\C/C=C\C/C=C\C/C=C\CCCCCCCCCCCCCCCCCCCCCC(=O)OCC(COP(=O)([O-])OCC[N+](C)(C)C)OC(=O)CCCCCCCCCCCCCCCCCCCCC/C=C\C/C=C\C/C=C\C/C=C\C/C=C\CC. The Bertz CT molecular complexity index is 2010. The molecule has 94 heavy (non-hydrogen) atoms. The molecule has 0 aromatic carbocycles. The molecular weight excluding hydrogens is 1180 g/mol. The highest BCUT2D eigenvalue weighted by molar-refractivity contribution is 7.45. The molecule has 0 aromatic rings. The van der Waals surface area contributed by atoms with Crippen molar-refractivity contribution in [1.29, 1.82) is 0 Å². The first-order valence-corrected chi connectivity index (χ1v) is 40.7. The number of quaternary nitrogens is 1. The number of unbranched alkanes of at least 4 members (excludes halogenated alkanes) is 38. The quantitative estimate of drug-likeness (QED) is 0.0195. The summed E-state index contributed by atoms with van der Waals surface area (Å²) < 4.78 is 34.4. The molecule has 10 heteroatoms. The van der Waals surface area contributed by atoms with Crippen molar-refractivity contribution in [3.63, 3.8) is 0 Å². The third-order valence-electron chi connectivity index (χ3n) is 17.0. The van der Waals surface area contributed by atoms with Gasteiger partial charge >= 0.3 is 11.9 Å². The third kappa shape index (κ3) is 77.4. The summed E-state index contributed by atoms with van der Waals surface area (Å²) in [5.41, 5.74) is 0. The van der Waals surface area contributed by atoms with Crippen LogP contribution in [-0.2, 0) is 32.7 Å². The highest BCUT2D eigenvalue weighted by atomic mass is 31.2. The number of ether oxygens (including phenoxy) is 2. The van der Waals surface area contributed by atoms with Gasteiger partial charge in [0, 0.05) is 12.8 Å². The molecule has 0 amide bonds. The molecule has 0 aliphatic carbocycles. The van der Waals surface area contributed by atoms with Gasteiger partial charge in [-0.2, -0.15) is 0 Å². The molecule has 0 bridgehead atoms. The van der Waals surface area contributed by atoms with E-state index in [2.05, 4.69) is 135 Å². The number of carbonyl (C=O) groups excluding carboxylic acids is 2. The maximum Gasteiger partial charge on any atom is 0.306 e. The smallest absolute Gasteiger partial charge is 0.306 e. The molecule has 0 saturated carbocycles. The van der Waals surface area contributed by atoms with Crippen LogP contribution in [0.25, 0.3) is 0 Å². The minimum Gasteiger partial charge on any atom is -0.756 e. The fraction of sp³-hybridized carbons (Fsp3) is 0.738. The van der Waals surface area contributed by atoms with Crippen LogP contribution in [-0.4, -0.2) is 70.0 Å². The van der Waals surface area contributed by atoms with E-state index in [4.69, 9.17) is 18.5 Å². The number of phosphoric acid groups is 1. The number of nitrogens with zero attached hydrogens (tertiary/aromatic N) is 1. The van der Waals surface area contributed by atoms with Gasteiger partial charge in [-0.1, -0.05) is 354 Å². The molecule has 0 aliphatic rings. The van der Waals surface area contributed by atoms with E-state index in [0.717, 1.165) is 103 Å². The van der Waals surface area contributed by atoms with Crippen molar-refractivity contribution < 1.29 is 42.1 Å². The van der Waals surface area contributed by atoms with E-state index >= 15 is 0 Å². The topological polar surface area (TPSA) is 111 Å². The summed E-state index contributed by atoms with van der Waals surface area (Å²) in [5.74, 6) is -0.820. The monoisotopic (exact) mass is 1330 g/mol. The highest BCUT2D eigenvalue weighted by Gasteiger charge is 2.22.